The predicted octanol–water partition coefficient (Wildman–Crippen LogP) is 2.44. The summed E-state index contributed by atoms with van der Waals surface area (Å²) in [5.41, 5.74) is 0.790. The second-order valence-corrected chi connectivity index (χ2v) is 5.18. The lowest BCUT2D eigenvalue weighted by molar-refractivity contribution is -0.134. The zero-order chi connectivity index (χ0) is 18.4. The second kappa shape index (κ2) is 7.87. The van der Waals surface area contributed by atoms with E-state index in [-0.39, 0.29) is 35.8 Å². The first-order valence-electron chi connectivity index (χ1n) is 7.30. The fourth-order valence-corrected chi connectivity index (χ4v) is 2.08. The quantitative estimate of drug-likeness (QED) is 0.360. The van der Waals surface area contributed by atoms with E-state index in [0.29, 0.717) is 11.1 Å². The van der Waals surface area contributed by atoms with Gasteiger partial charge < -0.3 is 25.2 Å². The molecule has 2 rings (SSSR count). The maximum Gasteiger partial charge on any atom is 0.328 e. The van der Waals surface area contributed by atoms with Crippen LogP contribution in [0.4, 0.5) is 0 Å². The second-order valence-electron chi connectivity index (χ2n) is 5.18. The van der Waals surface area contributed by atoms with Crippen molar-refractivity contribution in [1.82, 2.24) is 0 Å². The van der Waals surface area contributed by atoms with Gasteiger partial charge in [0.1, 0.15) is 23.0 Å². The molecule has 0 bridgehead atoms. The lowest BCUT2D eigenvalue weighted by atomic mass is 10.1. The van der Waals surface area contributed by atoms with Crippen LogP contribution in [0.5, 0.6) is 23.0 Å². The van der Waals surface area contributed by atoms with Crippen LogP contribution in [0.2, 0.25) is 0 Å². The Morgan fingerprint density at radius 2 is 1.68 bits per heavy atom. The first kappa shape index (κ1) is 17.9. The Hall–Kier alpha value is -3.48. The molecule has 0 spiro atoms. The highest BCUT2D eigenvalue weighted by Crippen LogP contribution is 2.27. The molecule has 0 fully saturated rings. The van der Waals surface area contributed by atoms with E-state index in [4.69, 9.17) is 9.84 Å². The van der Waals surface area contributed by atoms with E-state index in [1.165, 1.54) is 42.5 Å². The number of benzene rings is 2. The van der Waals surface area contributed by atoms with Gasteiger partial charge in [-0.05, 0) is 36.3 Å². The number of aryl methyl sites for hydroxylation is 1. The molecule has 0 aliphatic heterocycles. The van der Waals surface area contributed by atoms with Crippen molar-refractivity contribution in [2.24, 2.45) is 0 Å². The minimum absolute atomic E-state index is 0.0254. The number of rotatable bonds is 6. The highest BCUT2D eigenvalue weighted by atomic mass is 16.5. The van der Waals surface area contributed by atoms with E-state index in [9.17, 15) is 24.9 Å². The molecule has 7 heteroatoms. The topological polar surface area (TPSA) is 124 Å². The summed E-state index contributed by atoms with van der Waals surface area (Å²) in [6, 6.07) is 8.02. The number of phenolic OH excluding ortho intramolecular Hbond substituents is 3. The summed E-state index contributed by atoms with van der Waals surface area (Å²) in [5, 5.41) is 37.1. The fraction of sp³-hybridized carbons (Fsp3) is 0.111. The third kappa shape index (κ3) is 5.28. The summed E-state index contributed by atoms with van der Waals surface area (Å²) in [6.45, 7) is 0. The Balaban J connectivity index is 2.07. The number of hydrogen-bond acceptors (Lipinski definition) is 6. The van der Waals surface area contributed by atoms with E-state index in [0.717, 1.165) is 6.08 Å². The number of carboxylic acid groups (broad SMARTS) is 1. The molecular weight excluding hydrogens is 328 g/mol. The van der Waals surface area contributed by atoms with Gasteiger partial charge in [0.15, 0.2) is 0 Å². The molecule has 25 heavy (non-hydrogen) atoms. The van der Waals surface area contributed by atoms with Crippen molar-refractivity contribution < 1.29 is 34.8 Å². The van der Waals surface area contributed by atoms with Crippen LogP contribution in [0.3, 0.4) is 0 Å². The molecule has 7 nitrogen and oxygen atoms in total. The summed E-state index contributed by atoms with van der Waals surface area (Å²) in [6.07, 6.45) is 2.26. The van der Waals surface area contributed by atoms with E-state index < -0.39 is 11.9 Å². The third-order valence-corrected chi connectivity index (χ3v) is 3.29. The molecule has 0 amide bonds. The number of ether oxygens (including phenoxy) is 1. The van der Waals surface area contributed by atoms with Crippen molar-refractivity contribution in [2.45, 2.75) is 12.8 Å². The van der Waals surface area contributed by atoms with Gasteiger partial charge in [-0.2, -0.15) is 0 Å². The summed E-state index contributed by atoms with van der Waals surface area (Å²) >= 11 is 0. The van der Waals surface area contributed by atoms with Crippen LogP contribution in [-0.2, 0) is 16.0 Å². The zero-order valence-corrected chi connectivity index (χ0v) is 13.0. The third-order valence-electron chi connectivity index (χ3n) is 3.29. The average molecular weight is 344 g/mol. The van der Waals surface area contributed by atoms with Gasteiger partial charge in [0, 0.05) is 23.8 Å². The van der Waals surface area contributed by atoms with Crippen molar-refractivity contribution in [1.29, 1.82) is 0 Å². The molecule has 2 aromatic carbocycles. The lowest BCUT2D eigenvalue weighted by Gasteiger charge is -2.09. The Labute approximate surface area is 143 Å². The van der Waals surface area contributed by atoms with Crippen molar-refractivity contribution in [3.05, 3.63) is 53.6 Å². The van der Waals surface area contributed by atoms with Gasteiger partial charge in [-0.3, -0.25) is 4.79 Å². The van der Waals surface area contributed by atoms with Crippen LogP contribution in [0, 0.1) is 0 Å². The van der Waals surface area contributed by atoms with Crippen LogP contribution in [0.15, 0.2) is 42.5 Å². The van der Waals surface area contributed by atoms with Crippen molar-refractivity contribution in [3.8, 4) is 23.0 Å². The zero-order valence-electron chi connectivity index (χ0n) is 13.0. The molecule has 0 heterocycles. The lowest BCUT2D eigenvalue weighted by Crippen LogP contribution is -2.10. The largest absolute Gasteiger partial charge is 0.508 e. The molecule has 4 N–H and O–H groups in total. The fourth-order valence-electron chi connectivity index (χ4n) is 2.08. The van der Waals surface area contributed by atoms with Crippen molar-refractivity contribution in [2.75, 3.05) is 0 Å². The van der Waals surface area contributed by atoms with E-state index in [1.807, 2.05) is 0 Å². The monoisotopic (exact) mass is 344 g/mol. The standard InChI is InChI=1S/C18H16O7/c19-13-5-1-11(15(21)9-13)4-8-18(24)25-16-10-14(20)6-2-12(16)3-7-17(22)23/h1-3,5-7,9-10,19-21H,4,8H2,(H,22,23)/b7-3+. The maximum absolute atomic E-state index is 12.0. The number of esters is 1. The molecular formula is C18H16O7. The SMILES string of the molecule is O=C(O)/C=C/c1ccc(O)cc1OC(=O)CCc1ccc(O)cc1O. The van der Waals surface area contributed by atoms with Gasteiger partial charge in [-0.1, -0.05) is 6.07 Å². The molecule has 0 saturated carbocycles. The van der Waals surface area contributed by atoms with Gasteiger partial charge in [0.25, 0.3) is 0 Å². The van der Waals surface area contributed by atoms with Gasteiger partial charge in [0.05, 0.1) is 6.42 Å². The van der Waals surface area contributed by atoms with E-state index >= 15 is 0 Å². The van der Waals surface area contributed by atoms with Gasteiger partial charge >= 0.3 is 11.9 Å². The number of phenols is 3. The van der Waals surface area contributed by atoms with Gasteiger partial charge in [0.2, 0.25) is 0 Å². The average Bonchev–Trinajstić information content (AvgIpc) is 2.53. The molecule has 2 aromatic rings. The van der Waals surface area contributed by atoms with Gasteiger partial charge in [-0.15, -0.1) is 0 Å². The summed E-state index contributed by atoms with van der Waals surface area (Å²) in [4.78, 5) is 22.6. The molecule has 0 aromatic heterocycles. The Bertz CT molecular complexity index is 824. The Morgan fingerprint density at radius 1 is 1.00 bits per heavy atom. The van der Waals surface area contributed by atoms with Gasteiger partial charge in [-0.25, -0.2) is 4.79 Å². The molecule has 0 unspecified atom stereocenters. The predicted molar refractivity (Wildman–Crippen MR) is 88.5 cm³/mol. The minimum Gasteiger partial charge on any atom is -0.508 e. The van der Waals surface area contributed by atoms with Crippen molar-refractivity contribution >= 4 is 18.0 Å². The molecule has 0 aliphatic rings. The number of carbonyl (C=O) groups excluding carboxylic acids is 1. The first-order valence-corrected chi connectivity index (χ1v) is 7.30. The van der Waals surface area contributed by atoms with Crippen LogP contribution >= 0.6 is 0 Å². The molecule has 130 valence electrons. The smallest absolute Gasteiger partial charge is 0.328 e. The molecule has 0 saturated heterocycles. The number of aromatic hydroxyl groups is 3. The number of carboxylic acids is 1. The minimum atomic E-state index is -1.16. The Morgan fingerprint density at radius 3 is 2.36 bits per heavy atom. The number of carbonyl (C=O) groups is 2. The highest BCUT2D eigenvalue weighted by Gasteiger charge is 2.11. The van der Waals surface area contributed by atoms with E-state index in [2.05, 4.69) is 0 Å². The Kier molecular flexibility index (Phi) is 5.62. The van der Waals surface area contributed by atoms with Crippen LogP contribution < -0.4 is 4.74 Å². The first-order chi connectivity index (χ1) is 11.8. The van der Waals surface area contributed by atoms with Crippen molar-refractivity contribution in [3.63, 3.8) is 0 Å². The van der Waals surface area contributed by atoms with E-state index in [1.54, 1.807) is 0 Å². The molecule has 0 radical (unpaired) electrons. The van der Waals surface area contributed by atoms with Crippen LogP contribution in [-0.4, -0.2) is 32.4 Å². The van der Waals surface area contributed by atoms with Crippen LogP contribution in [0.25, 0.3) is 6.08 Å². The van der Waals surface area contributed by atoms with Crippen LogP contribution in [0.1, 0.15) is 17.5 Å². The maximum atomic E-state index is 12.0. The molecule has 0 aliphatic carbocycles. The normalized spacial score (nSPS) is 10.7. The summed E-state index contributed by atoms with van der Waals surface area (Å²) in [5.74, 6) is -2.10. The number of hydrogen-bond donors (Lipinski definition) is 4. The number of aliphatic carboxylic acids is 1. The summed E-state index contributed by atoms with van der Waals surface area (Å²) in [7, 11) is 0. The molecule has 0 atom stereocenters. The summed E-state index contributed by atoms with van der Waals surface area (Å²) < 4.78 is 5.17. The highest BCUT2D eigenvalue weighted by molar-refractivity contribution is 5.86.